The normalized spacial score (nSPS) is 19.4. The molecule has 0 amide bonds. The molecule has 148 valence electrons. The Hall–Kier alpha value is -1.32. The molecule has 3 atom stereocenters. The summed E-state index contributed by atoms with van der Waals surface area (Å²) in [5, 5.41) is 19.6. The number of halogens is 2. The van der Waals surface area contributed by atoms with E-state index in [1.807, 2.05) is 6.92 Å². The van der Waals surface area contributed by atoms with Gasteiger partial charge in [-0.3, -0.25) is 0 Å². The van der Waals surface area contributed by atoms with Gasteiger partial charge in [-0.15, -0.1) is 0 Å². The zero-order chi connectivity index (χ0) is 20.1. The molecule has 0 bridgehead atoms. The number of aliphatic hydroxyl groups is 2. The van der Waals surface area contributed by atoms with E-state index < -0.39 is 18.7 Å². The van der Waals surface area contributed by atoms with Crippen LogP contribution in [0, 0.1) is 0 Å². The topological polar surface area (TPSA) is 93.9 Å². The number of hydrogen-bond acceptors (Lipinski definition) is 7. The second-order valence-electron chi connectivity index (χ2n) is 5.82. The lowest BCUT2D eigenvalue weighted by molar-refractivity contribution is -0.115. The fourth-order valence-corrected chi connectivity index (χ4v) is 3.49. The average molecular weight is 417 g/mol. The van der Waals surface area contributed by atoms with Crippen molar-refractivity contribution in [2.75, 3.05) is 14.2 Å². The van der Waals surface area contributed by atoms with E-state index >= 15 is 0 Å². The third-order valence-corrected chi connectivity index (χ3v) is 4.66. The molecule has 1 aliphatic heterocycles. The summed E-state index contributed by atoms with van der Waals surface area (Å²) in [5.74, 6) is 0. The smallest absolute Gasteiger partial charge is 0.183 e. The van der Waals surface area contributed by atoms with Crippen molar-refractivity contribution in [1.29, 1.82) is 0 Å². The first-order valence-corrected chi connectivity index (χ1v) is 8.93. The van der Waals surface area contributed by atoms with Crippen molar-refractivity contribution in [2.45, 2.75) is 38.6 Å². The first kappa shape index (κ1) is 22.0. The highest BCUT2D eigenvalue weighted by Gasteiger charge is 2.29. The molecule has 3 unspecified atom stereocenters. The molecule has 3 rings (SSSR count). The van der Waals surface area contributed by atoms with Crippen molar-refractivity contribution in [3.63, 3.8) is 0 Å². The predicted molar refractivity (Wildman–Crippen MR) is 100 cm³/mol. The standard InChI is InChI=1S/C10H14ClNO3.C8H8ClNO2/c1-6(13)8-7(10(14-2)15-3)4-5-12-9(8)11;1-4-6-5(8(11)12-4)2-3-10-7(6)9/h4-6,10,13H,1-3H3;2-4,8,11H,1H3. The van der Waals surface area contributed by atoms with Crippen molar-refractivity contribution in [1.82, 2.24) is 9.97 Å². The number of ether oxygens (including phenoxy) is 3. The number of fused-ring (bicyclic) bond motifs is 1. The minimum absolute atomic E-state index is 0.170. The Kier molecular flexibility index (Phi) is 7.93. The first-order valence-electron chi connectivity index (χ1n) is 8.17. The molecule has 0 fully saturated rings. The van der Waals surface area contributed by atoms with Gasteiger partial charge in [0.25, 0.3) is 0 Å². The van der Waals surface area contributed by atoms with Crippen molar-refractivity contribution in [2.24, 2.45) is 0 Å². The fourth-order valence-electron chi connectivity index (χ4n) is 2.84. The Labute approximate surface area is 167 Å². The lowest BCUT2D eigenvalue weighted by atomic mass is 10.1. The van der Waals surface area contributed by atoms with E-state index in [2.05, 4.69) is 9.97 Å². The number of hydrogen-bond donors (Lipinski definition) is 2. The van der Waals surface area contributed by atoms with Gasteiger partial charge >= 0.3 is 0 Å². The fraction of sp³-hybridized carbons (Fsp3) is 0.444. The molecule has 1 aliphatic rings. The third-order valence-electron chi connectivity index (χ3n) is 4.06. The van der Waals surface area contributed by atoms with E-state index in [9.17, 15) is 10.2 Å². The maximum absolute atomic E-state index is 9.59. The quantitative estimate of drug-likeness (QED) is 0.576. The van der Waals surface area contributed by atoms with Crippen LogP contribution < -0.4 is 0 Å². The summed E-state index contributed by atoms with van der Waals surface area (Å²) in [5.41, 5.74) is 2.75. The lowest BCUT2D eigenvalue weighted by Gasteiger charge is -2.19. The molecule has 0 spiro atoms. The average Bonchev–Trinajstić information content (AvgIpc) is 2.92. The predicted octanol–water partition coefficient (Wildman–Crippen LogP) is 3.90. The number of rotatable bonds is 4. The van der Waals surface area contributed by atoms with Crippen LogP contribution in [-0.2, 0) is 14.2 Å². The Morgan fingerprint density at radius 2 is 1.70 bits per heavy atom. The molecular weight excluding hydrogens is 395 g/mol. The van der Waals surface area contributed by atoms with Crippen LogP contribution in [0.2, 0.25) is 10.3 Å². The molecular formula is C18H22Cl2N2O5. The molecule has 2 N–H and O–H groups in total. The highest BCUT2D eigenvalue weighted by atomic mass is 35.5. The monoisotopic (exact) mass is 416 g/mol. The third kappa shape index (κ3) is 4.94. The molecule has 0 aromatic carbocycles. The molecule has 0 aliphatic carbocycles. The number of aromatic nitrogens is 2. The molecule has 9 heteroatoms. The largest absolute Gasteiger partial charge is 0.389 e. The van der Waals surface area contributed by atoms with Crippen LogP contribution in [0.25, 0.3) is 0 Å². The maximum Gasteiger partial charge on any atom is 0.183 e. The van der Waals surface area contributed by atoms with E-state index in [-0.39, 0.29) is 11.3 Å². The van der Waals surface area contributed by atoms with Crippen LogP contribution >= 0.6 is 23.2 Å². The summed E-state index contributed by atoms with van der Waals surface area (Å²) in [6, 6.07) is 3.43. The van der Waals surface area contributed by atoms with Crippen molar-refractivity contribution >= 4 is 23.2 Å². The van der Waals surface area contributed by atoms with Crippen LogP contribution in [0.15, 0.2) is 24.5 Å². The molecule has 0 radical (unpaired) electrons. The molecule has 0 saturated heterocycles. The van der Waals surface area contributed by atoms with Gasteiger partial charge in [-0.05, 0) is 26.0 Å². The molecule has 0 saturated carbocycles. The number of pyridine rings is 2. The molecule has 2 aromatic heterocycles. The van der Waals surface area contributed by atoms with Gasteiger partial charge in [-0.2, -0.15) is 0 Å². The van der Waals surface area contributed by atoms with E-state index in [0.717, 1.165) is 11.1 Å². The van der Waals surface area contributed by atoms with Gasteiger partial charge in [-0.25, -0.2) is 9.97 Å². The van der Waals surface area contributed by atoms with E-state index in [0.29, 0.717) is 16.3 Å². The summed E-state index contributed by atoms with van der Waals surface area (Å²) in [4.78, 5) is 7.82. The highest BCUT2D eigenvalue weighted by molar-refractivity contribution is 6.30. The van der Waals surface area contributed by atoms with Crippen molar-refractivity contribution in [3.8, 4) is 0 Å². The molecule has 27 heavy (non-hydrogen) atoms. The number of nitrogens with zero attached hydrogens (tertiary/aromatic N) is 2. The van der Waals surface area contributed by atoms with Gasteiger partial charge < -0.3 is 24.4 Å². The van der Waals surface area contributed by atoms with Gasteiger partial charge in [-0.1, -0.05) is 23.2 Å². The van der Waals surface area contributed by atoms with Gasteiger partial charge in [0.1, 0.15) is 10.3 Å². The summed E-state index contributed by atoms with van der Waals surface area (Å²) < 4.78 is 15.4. The van der Waals surface area contributed by atoms with Gasteiger partial charge in [0.15, 0.2) is 12.6 Å². The molecule has 7 nitrogen and oxygen atoms in total. The zero-order valence-corrected chi connectivity index (χ0v) is 16.9. The summed E-state index contributed by atoms with van der Waals surface area (Å²) in [6.45, 7) is 3.46. The van der Waals surface area contributed by atoms with Gasteiger partial charge in [0.05, 0.1) is 12.2 Å². The molecule has 3 heterocycles. The summed E-state index contributed by atoms with van der Waals surface area (Å²) >= 11 is 11.7. The second kappa shape index (κ2) is 9.75. The van der Waals surface area contributed by atoms with E-state index in [4.69, 9.17) is 37.4 Å². The second-order valence-corrected chi connectivity index (χ2v) is 6.54. The Balaban J connectivity index is 0.000000198. The SMILES string of the molecule is CC1OC(O)c2ccnc(Cl)c21.COC(OC)c1ccnc(Cl)c1C(C)O. The van der Waals surface area contributed by atoms with Gasteiger partial charge in [0, 0.05) is 48.9 Å². The van der Waals surface area contributed by atoms with Gasteiger partial charge in [0.2, 0.25) is 0 Å². The van der Waals surface area contributed by atoms with E-state index in [1.165, 1.54) is 14.2 Å². The van der Waals surface area contributed by atoms with Crippen molar-refractivity contribution in [3.05, 3.63) is 57.1 Å². The van der Waals surface area contributed by atoms with Crippen molar-refractivity contribution < 1.29 is 24.4 Å². The van der Waals surface area contributed by atoms with Crippen LogP contribution in [0.1, 0.15) is 60.9 Å². The van der Waals surface area contributed by atoms with Crippen LogP contribution in [0.5, 0.6) is 0 Å². The highest BCUT2D eigenvalue weighted by Crippen LogP contribution is 2.39. The number of methoxy groups -OCH3 is 2. The first-order chi connectivity index (χ1) is 12.8. The minimum atomic E-state index is -0.851. The van der Waals surface area contributed by atoms with Crippen LogP contribution in [0.4, 0.5) is 0 Å². The zero-order valence-electron chi connectivity index (χ0n) is 15.4. The number of aliphatic hydroxyl groups excluding tert-OH is 2. The Morgan fingerprint density at radius 1 is 1.11 bits per heavy atom. The lowest BCUT2D eigenvalue weighted by Crippen LogP contribution is -2.10. The maximum atomic E-state index is 9.59. The van der Waals surface area contributed by atoms with E-state index in [1.54, 1.807) is 31.5 Å². The molecule has 2 aromatic rings. The Bertz CT molecular complexity index is 771. The minimum Gasteiger partial charge on any atom is -0.389 e. The van der Waals surface area contributed by atoms with Crippen LogP contribution in [-0.4, -0.2) is 34.4 Å². The Morgan fingerprint density at radius 3 is 2.26 bits per heavy atom. The van der Waals surface area contributed by atoms with Crippen LogP contribution in [0.3, 0.4) is 0 Å². The summed E-state index contributed by atoms with van der Waals surface area (Å²) in [6.07, 6.45) is 0.830. The summed E-state index contributed by atoms with van der Waals surface area (Å²) in [7, 11) is 3.04.